The summed E-state index contributed by atoms with van der Waals surface area (Å²) in [7, 11) is -2.80. The van der Waals surface area contributed by atoms with Crippen molar-refractivity contribution < 1.29 is 8.42 Å². The SMILES string of the molecule is CC1CCC(NC(C)CCS(C)(=O)=O)C1. The Morgan fingerprint density at radius 2 is 2.07 bits per heavy atom. The van der Waals surface area contributed by atoms with E-state index < -0.39 is 9.84 Å². The van der Waals surface area contributed by atoms with Crippen molar-refractivity contribution in [2.75, 3.05) is 12.0 Å². The van der Waals surface area contributed by atoms with Gasteiger partial charge in [-0.05, 0) is 38.5 Å². The van der Waals surface area contributed by atoms with Crippen LogP contribution in [0.5, 0.6) is 0 Å². The molecule has 4 heteroatoms. The van der Waals surface area contributed by atoms with Gasteiger partial charge in [0.25, 0.3) is 0 Å². The molecule has 15 heavy (non-hydrogen) atoms. The van der Waals surface area contributed by atoms with Gasteiger partial charge in [0.05, 0.1) is 5.75 Å². The molecule has 1 fully saturated rings. The Hall–Kier alpha value is -0.0900. The number of sulfone groups is 1. The molecule has 0 heterocycles. The molecular weight excluding hydrogens is 210 g/mol. The monoisotopic (exact) mass is 233 g/mol. The minimum atomic E-state index is -2.80. The third kappa shape index (κ3) is 5.52. The lowest BCUT2D eigenvalue weighted by Crippen LogP contribution is -2.35. The predicted molar refractivity (Wildman–Crippen MR) is 63.7 cm³/mol. The van der Waals surface area contributed by atoms with Gasteiger partial charge >= 0.3 is 0 Å². The summed E-state index contributed by atoms with van der Waals surface area (Å²) in [6, 6.07) is 0.921. The molecule has 1 rings (SSSR count). The molecular formula is C11H23NO2S. The van der Waals surface area contributed by atoms with Crippen LogP contribution in [-0.4, -0.2) is 32.5 Å². The summed E-state index contributed by atoms with van der Waals surface area (Å²) in [5.41, 5.74) is 0. The first-order valence-electron chi connectivity index (χ1n) is 5.80. The van der Waals surface area contributed by atoms with Gasteiger partial charge in [-0.2, -0.15) is 0 Å². The molecule has 0 radical (unpaired) electrons. The van der Waals surface area contributed by atoms with Gasteiger partial charge in [0.15, 0.2) is 0 Å². The highest BCUT2D eigenvalue weighted by atomic mass is 32.2. The van der Waals surface area contributed by atoms with Crippen molar-refractivity contribution in [3.63, 3.8) is 0 Å². The molecule has 90 valence electrons. The summed E-state index contributed by atoms with van der Waals surface area (Å²) in [4.78, 5) is 0. The lowest BCUT2D eigenvalue weighted by atomic mass is 10.1. The van der Waals surface area contributed by atoms with Crippen LogP contribution in [0.4, 0.5) is 0 Å². The number of hydrogen-bond donors (Lipinski definition) is 1. The van der Waals surface area contributed by atoms with E-state index in [-0.39, 0.29) is 0 Å². The lowest BCUT2D eigenvalue weighted by molar-refractivity contribution is 0.431. The van der Waals surface area contributed by atoms with Crippen molar-refractivity contribution in [2.45, 2.75) is 51.6 Å². The van der Waals surface area contributed by atoms with Crippen LogP contribution in [0.3, 0.4) is 0 Å². The van der Waals surface area contributed by atoms with Gasteiger partial charge in [0.2, 0.25) is 0 Å². The summed E-state index contributed by atoms with van der Waals surface area (Å²) in [6.07, 6.45) is 5.81. The Morgan fingerprint density at radius 1 is 1.40 bits per heavy atom. The molecule has 3 nitrogen and oxygen atoms in total. The van der Waals surface area contributed by atoms with Gasteiger partial charge in [-0.15, -0.1) is 0 Å². The normalized spacial score (nSPS) is 29.3. The second-order valence-electron chi connectivity index (χ2n) is 5.10. The van der Waals surface area contributed by atoms with Crippen LogP contribution in [-0.2, 0) is 9.84 Å². The molecule has 1 aliphatic rings. The number of rotatable bonds is 5. The molecule has 3 atom stereocenters. The van der Waals surface area contributed by atoms with Gasteiger partial charge in [-0.3, -0.25) is 0 Å². The minimum absolute atomic E-state index is 0.295. The molecule has 0 saturated heterocycles. The van der Waals surface area contributed by atoms with E-state index in [1.165, 1.54) is 25.5 Å². The molecule has 1 saturated carbocycles. The molecule has 0 aromatic rings. The molecule has 0 aliphatic heterocycles. The van der Waals surface area contributed by atoms with Crippen molar-refractivity contribution in [3.05, 3.63) is 0 Å². The van der Waals surface area contributed by atoms with Crippen LogP contribution in [0.2, 0.25) is 0 Å². The Labute approximate surface area is 93.6 Å². The highest BCUT2D eigenvalue weighted by molar-refractivity contribution is 7.90. The predicted octanol–water partition coefficient (Wildman–Crippen LogP) is 1.59. The highest BCUT2D eigenvalue weighted by Gasteiger charge is 2.22. The highest BCUT2D eigenvalue weighted by Crippen LogP contribution is 2.25. The molecule has 1 aliphatic carbocycles. The van der Waals surface area contributed by atoms with Crippen LogP contribution in [0, 0.1) is 5.92 Å². The molecule has 0 spiro atoms. The van der Waals surface area contributed by atoms with Gasteiger partial charge in [0, 0.05) is 18.3 Å². The second-order valence-corrected chi connectivity index (χ2v) is 7.36. The summed E-state index contributed by atoms with van der Waals surface area (Å²) in [5.74, 6) is 1.12. The van der Waals surface area contributed by atoms with Crippen molar-refractivity contribution >= 4 is 9.84 Å². The van der Waals surface area contributed by atoms with Gasteiger partial charge < -0.3 is 5.32 Å². The van der Waals surface area contributed by atoms with Crippen molar-refractivity contribution in [1.82, 2.24) is 5.32 Å². The average molecular weight is 233 g/mol. The zero-order valence-electron chi connectivity index (χ0n) is 9.99. The van der Waals surface area contributed by atoms with Crippen LogP contribution in [0.25, 0.3) is 0 Å². The zero-order chi connectivity index (χ0) is 11.5. The molecule has 0 aromatic carbocycles. The first kappa shape index (κ1) is 13.0. The van der Waals surface area contributed by atoms with Crippen LogP contribution >= 0.6 is 0 Å². The number of hydrogen-bond acceptors (Lipinski definition) is 3. The summed E-state index contributed by atoms with van der Waals surface area (Å²) in [5, 5.41) is 3.52. The molecule has 1 N–H and O–H groups in total. The third-order valence-corrected chi connectivity index (χ3v) is 4.11. The summed E-state index contributed by atoms with van der Waals surface area (Å²) < 4.78 is 22.0. The Balaban J connectivity index is 2.21. The van der Waals surface area contributed by atoms with Crippen molar-refractivity contribution in [1.29, 1.82) is 0 Å². The Bertz CT molecular complexity index is 287. The number of nitrogens with one attached hydrogen (secondary N) is 1. The summed E-state index contributed by atoms with van der Waals surface area (Å²) in [6.45, 7) is 4.36. The van der Waals surface area contributed by atoms with E-state index in [9.17, 15) is 8.42 Å². The zero-order valence-corrected chi connectivity index (χ0v) is 10.8. The quantitative estimate of drug-likeness (QED) is 0.784. The maximum Gasteiger partial charge on any atom is 0.147 e. The summed E-state index contributed by atoms with van der Waals surface area (Å²) >= 11 is 0. The van der Waals surface area contributed by atoms with E-state index in [1.54, 1.807) is 0 Å². The van der Waals surface area contributed by atoms with Gasteiger partial charge in [-0.1, -0.05) is 6.92 Å². The Morgan fingerprint density at radius 3 is 2.53 bits per heavy atom. The van der Waals surface area contributed by atoms with E-state index in [0.29, 0.717) is 17.8 Å². The third-order valence-electron chi connectivity index (χ3n) is 3.14. The van der Waals surface area contributed by atoms with E-state index >= 15 is 0 Å². The topological polar surface area (TPSA) is 46.2 Å². The Kier molecular flexibility index (Phi) is 4.59. The van der Waals surface area contributed by atoms with Crippen LogP contribution < -0.4 is 5.32 Å². The lowest BCUT2D eigenvalue weighted by Gasteiger charge is -2.19. The molecule has 3 unspecified atom stereocenters. The maximum atomic E-state index is 11.0. The smallest absolute Gasteiger partial charge is 0.147 e. The van der Waals surface area contributed by atoms with Crippen LogP contribution in [0.15, 0.2) is 0 Å². The standard InChI is InChI=1S/C11H23NO2S/c1-9-4-5-11(8-9)12-10(2)6-7-15(3,13)14/h9-12H,4-8H2,1-3H3. The van der Waals surface area contributed by atoms with Crippen molar-refractivity contribution in [2.24, 2.45) is 5.92 Å². The first-order chi connectivity index (χ1) is 6.87. The molecule has 0 aromatic heterocycles. The van der Waals surface area contributed by atoms with E-state index in [2.05, 4.69) is 19.2 Å². The minimum Gasteiger partial charge on any atom is -0.311 e. The fourth-order valence-corrected chi connectivity index (χ4v) is 3.02. The van der Waals surface area contributed by atoms with Crippen molar-refractivity contribution in [3.8, 4) is 0 Å². The van der Waals surface area contributed by atoms with Gasteiger partial charge in [-0.25, -0.2) is 8.42 Å². The first-order valence-corrected chi connectivity index (χ1v) is 7.86. The second kappa shape index (κ2) is 5.30. The fourth-order valence-electron chi connectivity index (χ4n) is 2.24. The van der Waals surface area contributed by atoms with E-state index in [1.807, 2.05) is 0 Å². The van der Waals surface area contributed by atoms with E-state index in [4.69, 9.17) is 0 Å². The fraction of sp³-hybridized carbons (Fsp3) is 1.00. The largest absolute Gasteiger partial charge is 0.311 e. The van der Waals surface area contributed by atoms with Crippen LogP contribution in [0.1, 0.15) is 39.5 Å². The maximum absolute atomic E-state index is 11.0. The van der Waals surface area contributed by atoms with Gasteiger partial charge in [0.1, 0.15) is 9.84 Å². The molecule has 0 amide bonds. The average Bonchev–Trinajstić information content (AvgIpc) is 2.47. The molecule has 0 bridgehead atoms. The van der Waals surface area contributed by atoms with E-state index in [0.717, 1.165) is 12.3 Å².